The lowest BCUT2D eigenvalue weighted by molar-refractivity contribution is -0.141. The highest BCUT2D eigenvalue weighted by Gasteiger charge is 2.11. The van der Waals surface area contributed by atoms with Crippen molar-refractivity contribution in [3.8, 4) is 11.1 Å². The molecule has 140 valence electrons. The van der Waals surface area contributed by atoms with E-state index >= 15 is 0 Å². The Bertz CT molecular complexity index is 958. The van der Waals surface area contributed by atoms with Gasteiger partial charge in [0, 0.05) is 19.0 Å². The molecule has 0 aliphatic carbocycles. The number of rotatable bonds is 7. The van der Waals surface area contributed by atoms with Gasteiger partial charge >= 0.3 is 0 Å². The van der Waals surface area contributed by atoms with Gasteiger partial charge in [-0.05, 0) is 47.9 Å². The number of nitrogens with two attached hydrogens (primary N) is 1. The molecule has 0 radical (unpaired) electrons. The first kappa shape index (κ1) is 18.9. The quantitative estimate of drug-likeness (QED) is 0.650. The molecule has 5 nitrogen and oxygen atoms in total. The second-order valence-corrected chi connectivity index (χ2v) is 6.37. The number of pyridine rings is 1. The van der Waals surface area contributed by atoms with Crippen molar-refractivity contribution in [1.82, 2.24) is 10.0 Å². The van der Waals surface area contributed by atoms with Crippen LogP contribution in [0.15, 0.2) is 48.5 Å². The number of hydrogen-bond acceptors (Lipinski definition) is 4. The molecule has 0 saturated carbocycles. The summed E-state index contributed by atoms with van der Waals surface area (Å²) in [5, 5.41) is 2.69. The predicted molar refractivity (Wildman–Crippen MR) is 103 cm³/mol. The fraction of sp³-hybridized carbons (Fsp3) is 0.238. The van der Waals surface area contributed by atoms with E-state index in [4.69, 9.17) is 10.6 Å². The Morgan fingerprint density at radius 2 is 1.93 bits per heavy atom. The van der Waals surface area contributed by atoms with Crippen molar-refractivity contribution in [2.75, 3.05) is 13.7 Å². The molecular formula is C21H22FN3O2. The van der Waals surface area contributed by atoms with Crippen LogP contribution in [0.4, 0.5) is 4.39 Å². The topological polar surface area (TPSA) is 68.5 Å². The van der Waals surface area contributed by atoms with Gasteiger partial charge in [-0.3, -0.25) is 14.6 Å². The van der Waals surface area contributed by atoms with Gasteiger partial charge in [-0.1, -0.05) is 24.3 Å². The van der Waals surface area contributed by atoms with E-state index in [2.05, 4.69) is 4.98 Å². The number of fused-ring (bicyclic) bond motifs is 1. The minimum Gasteiger partial charge on any atom is -0.369 e. The van der Waals surface area contributed by atoms with Crippen LogP contribution in [-0.2, 0) is 22.6 Å². The van der Waals surface area contributed by atoms with E-state index in [1.807, 2.05) is 38.2 Å². The van der Waals surface area contributed by atoms with Gasteiger partial charge in [0.2, 0.25) is 5.91 Å². The van der Waals surface area contributed by atoms with Crippen LogP contribution >= 0.6 is 0 Å². The molecule has 1 aromatic heterocycles. The standard InChI is InChI=1S/C21H22FN3O2/c1-3-27-25(2)13-14-4-9-18-19(15-5-7-16(22)8-6-15)11-17(12-21(23)26)24-20(18)10-14/h4-11H,3,12-13H2,1-2H3,(H2,23,26). The lowest BCUT2D eigenvalue weighted by Gasteiger charge is -2.16. The average molecular weight is 367 g/mol. The Morgan fingerprint density at radius 3 is 2.59 bits per heavy atom. The second-order valence-electron chi connectivity index (χ2n) is 6.37. The summed E-state index contributed by atoms with van der Waals surface area (Å²) in [6, 6.07) is 14.1. The number of carbonyl (C=O) groups excluding carboxylic acids is 1. The van der Waals surface area contributed by atoms with Crippen LogP contribution in [-0.4, -0.2) is 29.6 Å². The van der Waals surface area contributed by atoms with Gasteiger partial charge in [-0.2, -0.15) is 5.06 Å². The van der Waals surface area contributed by atoms with Crippen molar-refractivity contribution in [1.29, 1.82) is 0 Å². The van der Waals surface area contributed by atoms with Crippen LogP contribution in [0, 0.1) is 5.82 Å². The Balaban J connectivity index is 2.09. The van der Waals surface area contributed by atoms with Crippen LogP contribution < -0.4 is 5.73 Å². The summed E-state index contributed by atoms with van der Waals surface area (Å²) in [5.41, 5.74) is 9.48. The van der Waals surface area contributed by atoms with Gasteiger partial charge in [0.15, 0.2) is 0 Å². The van der Waals surface area contributed by atoms with Crippen LogP contribution in [0.25, 0.3) is 22.0 Å². The first-order chi connectivity index (χ1) is 13.0. The molecule has 1 heterocycles. The number of nitrogens with zero attached hydrogens (tertiary/aromatic N) is 2. The summed E-state index contributed by atoms with van der Waals surface area (Å²) in [6.07, 6.45) is 0.0488. The normalized spacial score (nSPS) is 11.3. The molecule has 0 aliphatic rings. The largest absolute Gasteiger partial charge is 0.369 e. The zero-order chi connectivity index (χ0) is 19.4. The number of hydrogen-bond donors (Lipinski definition) is 1. The van der Waals surface area contributed by atoms with E-state index in [9.17, 15) is 9.18 Å². The highest BCUT2D eigenvalue weighted by atomic mass is 19.1. The molecular weight excluding hydrogens is 345 g/mol. The minimum absolute atomic E-state index is 0.0488. The van der Waals surface area contributed by atoms with E-state index < -0.39 is 5.91 Å². The van der Waals surface area contributed by atoms with Crippen molar-refractivity contribution >= 4 is 16.8 Å². The molecule has 0 aliphatic heterocycles. The monoisotopic (exact) mass is 367 g/mol. The van der Waals surface area contributed by atoms with E-state index in [0.717, 1.165) is 27.6 Å². The van der Waals surface area contributed by atoms with E-state index in [1.165, 1.54) is 12.1 Å². The van der Waals surface area contributed by atoms with Gasteiger partial charge in [0.05, 0.1) is 24.2 Å². The van der Waals surface area contributed by atoms with Crippen LogP contribution in [0.5, 0.6) is 0 Å². The van der Waals surface area contributed by atoms with Crippen LogP contribution in [0.1, 0.15) is 18.2 Å². The smallest absolute Gasteiger partial charge is 0.223 e. The Labute approximate surface area is 157 Å². The maximum Gasteiger partial charge on any atom is 0.223 e. The fourth-order valence-corrected chi connectivity index (χ4v) is 3.09. The second kappa shape index (κ2) is 8.24. The number of halogens is 1. The maximum absolute atomic E-state index is 13.3. The van der Waals surface area contributed by atoms with Crippen LogP contribution in [0.3, 0.4) is 0 Å². The molecule has 6 heteroatoms. The highest BCUT2D eigenvalue weighted by molar-refractivity contribution is 5.95. The molecule has 0 atom stereocenters. The zero-order valence-electron chi connectivity index (χ0n) is 15.4. The van der Waals surface area contributed by atoms with Crippen molar-refractivity contribution in [2.45, 2.75) is 19.9 Å². The van der Waals surface area contributed by atoms with Gasteiger partial charge < -0.3 is 5.73 Å². The SMILES string of the molecule is CCON(C)Cc1ccc2c(-c3ccc(F)cc3)cc(CC(N)=O)nc2c1. The van der Waals surface area contributed by atoms with Gasteiger partial charge in [-0.15, -0.1) is 0 Å². The summed E-state index contributed by atoms with van der Waals surface area (Å²) in [4.78, 5) is 21.4. The average Bonchev–Trinajstić information content (AvgIpc) is 2.61. The molecule has 3 rings (SSSR count). The minimum atomic E-state index is -0.445. The van der Waals surface area contributed by atoms with Gasteiger partial charge in [0.1, 0.15) is 5.82 Å². The Kier molecular flexibility index (Phi) is 5.78. The van der Waals surface area contributed by atoms with Crippen molar-refractivity contribution in [3.05, 3.63) is 65.6 Å². The van der Waals surface area contributed by atoms with Crippen molar-refractivity contribution in [3.63, 3.8) is 0 Å². The molecule has 27 heavy (non-hydrogen) atoms. The number of benzene rings is 2. The highest BCUT2D eigenvalue weighted by Crippen LogP contribution is 2.30. The first-order valence-electron chi connectivity index (χ1n) is 8.77. The number of hydroxylamine groups is 2. The lowest BCUT2D eigenvalue weighted by Crippen LogP contribution is -2.18. The first-order valence-corrected chi connectivity index (χ1v) is 8.77. The molecule has 0 fully saturated rings. The molecule has 2 N–H and O–H groups in total. The summed E-state index contributed by atoms with van der Waals surface area (Å²) in [7, 11) is 1.87. The fourth-order valence-electron chi connectivity index (χ4n) is 3.09. The summed E-state index contributed by atoms with van der Waals surface area (Å²) < 4.78 is 13.3. The van der Waals surface area contributed by atoms with Gasteiger partial charge in [0.25, 0.3) is 0 Å². The molecule has 0 unspecified atom stereocenters. The third-order valence-electron chi connectivity index (χ3n) is 4.19. The molecule has 0 bridgehead atoms. The number of primary amides is 1. The molecule has 1 amide bonds. The molecule has 2 aromatic carbocycles. The predicted octanol–water partition coefficient (Wildman–Crippen LogP) is 3.45. The zero-order valence-corrected chi connectivity index (χ0v) is 15.4. The maximum atomic E-state index is 13.3. The Hall–Kier alpha value is -2.83. The Morgan fingerprint density at radius 1 is 1.19 bits per heavy atom. The van der Waals surface area contributed by atoms with Crippen molar-refractivity contribution in [2.24, 2.45) is 5.73 Å². The number of amides is 1. The third kappa shape index (κ3) is 4.67. The summed E-state index contributed by atoms with van der Waals surface area (Å²) >= 11 is 0. The lowest BCUT2D eigenvalue weighted by atomic mass is 9.98. The third-order valence-corrected chi connectivity index (χ3v) is 4.19. The van der Waals surface area contributed by atoms with Crippen molar-refractivity contribution < 1.29 is 14.0 Å². The van der Waals surface area contributed by atoms with E-state index in [-0.39, 0.29) is 12.2 Å². The summed E-state index contributed by atoms with van der Waals surface area (Å²) in [5.74, 6) is -0.741. The van der Waals surface area contributed by atoms with E-state index in [1.54, 1.807) is 17.2 Å². The van der Waals surface area contributed by atoms with Gasteiger partial charge in [-0.25, -0.2) is 4.39 Å². The number of carbonyl (C=O) groups is 1. The molecule has 3 aromatic rings. The van der Waals surface area contributed by atoms with Crippen LogP contribution in [0.2, 0.25) is 0 Å². The van der Waals surface area contributed by atoms with E-state index in [0.29, 0.717) is 18.8 Å². The summed E-state index contributed by atoms with van der Waals surface area (Å²) in [6.45, 7) is 3.14. The molecule has 0 saturated heterocycles. The molecule has 0 spiro atoms. The number of aromatic nitrogens is 1.